The number of fused-ring (bicyclic) bond motifs is 3. The van der Waals surface area contributed by atoms with Crippen molar-refractivity contribution in [1.82, 2.24) is 0 Å². The van der Waals surface area contributed by atoms with E-state index in [4.69, 9.17) is 4.74 Å². The van der Waals surface area contributed by atoms with Crippen molar-refractivity contribution in [1.29, 1.82) is 0 Å². The summed E-state index contributed by atoms with van der Waals surface area (Å²) in [6.45, 7) is 9.59. The second kappa shape index (κ2) is 10.6. The number of rotatable bonds is 8. The summed E-state index contributed by atoms with van der Waals surface area (Å²) in [6.07, 6.45) is 17.5. The average molecular weight is 523 g/mol. The maximum atomic E-state index is 14.3. The number of carbonyl (C=O) groups excluding carboxylic acids is 2. The van der Waals surface area contributed by atoms with Crippen molar-refractivity contribution in [2.75, 3.05) is 6.61 Å². The molecule has 2 saturated carbocycles. The number of hydrogen-bond donors (Lipinski definition) is 3. The van der Waals surface area contributed by atoms with Crippen LogP contribution >= 0.6 is 0 Å². The minimum Gasteiger partial charge on any atom is -0.451 e. The standard InChI is InChI=1S/C32H42O6/c1-6-7-8-9-10-11-12-13-14-15-25(34)38-29-20(2)18-31-21(3)16-24-26(30(24,4)5)23(28(31)36)17-22(19-33)27(35)32(29,31)37/h8-15,17-18,21,23-24,26-27,29,33,35,37H,6-7,16,19H2,1-5H3/b9-8+,11-10+,13-12+,15-14+. The van der Waals surface area contributed by atoms with Crippen LogP contribution in [-0.4, -0.2) is 51.5 Å². The van der Waals surface area contributed by atoms with Gasteiger partial charge in [-0.1, -0.05) is 88.8 Å². The number of ketones is 1. The van der Waals surface area contributed by atoms with Crippen LogP contribution in [0.25, 0.3) is 0 Å². The summed E-state index contributed by atoms with van der Waals surface area (Å²) in [7, 11) is 0. The minimum absolute atomic E-state index is 0.0385. The summed E-state index contributed by atoms with van der Waals surface area (Å²) in [5.41, 5.74) is -2.86. The summed E-state index contributed by atoms with van der Waals surface area (Å²) in [5, 5.41) is 34.1. The number of unbranched alkanes of at least 4 members (excludes halogenated alkanes) is 1. The Kier molecular flexibility index (Phi) is 7.91. The van der Waals surface area contributed by atoms with Gasteiger partial charge in [0.15, 0.2) is 17.5 Å². The van der Waals surface area contributed by atoms with E-state index in [1.165, 1.54) is 6.08 Å². The van der Waals surface area contributed by atoms with E-state index in [0.717, 1.165) is 12.8 Å². The number of aliphatic hydroxyl groups is 3. The second-order valence-corrected chi connectivity index (χ2v) is 12.0. The average Bonchev–Trinajstić information content (AvgIpc) is 3.36. The molecule has 6 heteroatoms. The quantitative estimate of drug-likeness (QED) is 0.189. The third-order valence-electron chi connectivity index (χ3n) is 9.51. The Bertz CT molecular complexity index is 1140. The topological polar surface area (TPSA) is 104 Å². The minimum atomic E-state index is -2.12. The Labute approximate surface area is 226 Å². The van der Waals surface area contributed by atoms with Gasteiger partial charge in [-0.3, -0.25) is 4.79 Å². The number of carbonyl (C=O) groups is 2. The Balaban J connectivity index is 1.61. The molecule has 4 aliphatic rings. The molecule has 6 nitrogen and oxygen atoms in total. The van der Waals surface area contributed by atoms with Crippen LogP contribution in [0.5, 0.6) is 0 Å². The van der Waals surface area contributed by atoms with Crippen LogP contribution in [0.2, 0.25) is 0 Å². The van der Waals surface area contributed by atoms with Gasteiger partial charge in [0.1, 0.15) is 6.10 Å². The first-order chi connectivity index (χ1) is 18.0. The first-order valence-corrected chi connectivity index (χ1v) is 13.8. The van der Waals surface area contributed by atoms with Crippen molar-refractivity contribution in [3.8, 4) is 0 Å². The number of Topliss-reactive ketones (excluding diaryl/α,β-unsaturated/α-hetero) is 1. The fraction of sp³-hybridized carbons (Fsp3) is 0.562. The van der Waals surface area contributed by atoms with Gasteiger partial charge in [-0.05, 0) is 54.1 Å². The van der Waals surface area contributed by atoms with Gasteiger partial charge in [0.2, 0.25) is 0 Å². The van der Waals surface area contributed by atoms with Gasteiger partial charge in [-0.15, -0.1) is 0 Å². The lowest BCUT2D eigenvalue weighted by Gasteiger charge is -2.48. The molecule has 3 N–H and O–H groups in total. The van der Waals surface area contributed by atoms with Gasteiger partial charge in [-0.25, -0.2) is 4.79 Å². The van der Waals surface area contributed by atoms with Gasteiger partial charge >= 0.3 is 5.97 Å². The number of aliphatic hydroxyl groups excluding tert-OH is 2. The van der Waals surface area contributed by atoms with Crippen molar-refractivity contribution >= 4 is 11.8 Å². The molecule has 206 valence electrons. The molecule has 0 heterocycles. The van der Waals surface area contributed by atoms with Crippen LogP contribution < -0.4 is 0 Å². The monoisotopic (exact) mass is 522 g/mol. The molecule has 0 saturated heterocycles. The summed E-state index contributed by atoms with van der Waals surface area (Å²) >= 11 is 0. The van der Waals surface area contributed by atoms with E-state index in [0.29, 0.717) is 17.9 Å². The number of esters is 1. The lowest BCUT2D eigenvalue weighted by molar-refractivity contribution is -0.201. The van der Waals surface area contributed by atoms with Crippen molar-refractivity contribution in [3.63, 3.8) is 0 Å². The van der Waals surface area contributed by atoms with Gasteiger partial charge in [0, 0.05) is 12.0 Å². The molecule has 0 aromatic rings. The van der Waals surface area contributed by atoms with E-state index in [2.05, 4.69) is 26.8 Å². The highest BCUT2D eigenvalue weighted by atomic mass is 16.6. The largest absolute Gasteiger partial charge is 0.451 e. The molecule has 2 bridgehead atoms. The zero-order valence-electron chi connectivity index (χ0n) is 23.1. The molecule has 0 aromatic carbocycles. The third kappa shape index (κ3) is 4.31. The van der Waals surface area contributed by atoms with Crippen molar-refractivity contribution in [2.24, 2.45) is 34.5 Å². The molecule has 4 aliphatic carbocycles. The van der Waals surface area contributed by atoms with Crippen LogP contribution in [0.3, 0.4) is 0 Å². The molecule has 0 aliphatic heterocycles. The van der Waals surface area contributed by atoms with Gasteiger partial charge in [-0.2, -0.15) is 0 Å². The normalized spacial score (nSPS) is 39.7. The highest BCUT2D eigenvalue weighted by molar-refractivity contribution is 5.95. The fourth-order valence-electron chi connectivity index (χ4n) is 7.48. The van der Waals surface area contributed by atoms with E-state index in [1.807, 2.05) is 25.2 Å². The Hall–Kier alpha value is -2.54. The van der Waals surface area contributed by atoms with Crippen molar-refractivity contribution in [2.45, 2.75) is 71.7 Å². The van der Waals surface area contributed by atoms with E-state index < -0.39 is 41.7 Å². The number of ether oxygens (including phenoxy) is 1. The molecule has 2 fully saturated rings. The molecule has 8 atom stereocenters. The van der Waals surface area contributed by atoms with Crippen LogP contribution in [-0.2, 0) is 14.3 Å². The SMILES string of the molecule is CCC/C=C/C=C/C=C/C=C/C(=O)OC1C(C)=CC23C(=O)C(C=C(CO)C(O)C12O)C1C(CC3C)C1(C)C. The molecular weight excluding hydrogens is 480 g/mol. The van der Waals surface area contributed by atoms with Crippen LogP contribution in [0.1, 0.15) is 53.9 Å². The van der Waals surface area contributed by atoms with Gasteiger partial charge in [0.05, 0.1) is 12.0 Å². The van der Waals surface area contributed by atoms with E-state index in [1.54, 1.807) is 37.3 Å². The Morgan fingerprint density at radius 3 is 2.47 bits per heavy atom. The molecule has 8 unspecified atom stereocenters. The van der Waals surface area contributed by atoms with E-state index in [9.17, 15) is 24.9 Å². The third-order valence-corrected chi connectivity index (χ3v) is 9.51. The molecule has 1 spiro atoms. The predicted octanol–water partition coefficient (Wildman–Crippen LogP) is 4.39. The van der Waals surface area contributed by atoms with E-state index >= 15 is 0 Å². The van der Waals surface area contributed by atoms with Crippen LogP contribution in [0.15, 0.2) is 71.9 Å². The predicted molar refractivity (Wildman–Crippen MR) is 147 cm³/mol. The van der Waals surface area contributed by atoms with E-state index in [-0.39, 0.29) is 28.6 Å². The summed E-state index contributed by atoms with van der Waals surface area (Å²) in [5.74, 6) is -1.30. The number of hydrogen-bond acceptors (Lipinski definition) is 6. The zero-order chi connectivity index (χ0) is 27.9. The van der Waals surface area contributed by atoms with Gasteiger partial charge < -0.3 is 20.1 Å². The number of allylic oxidation sites excluding steroid dienone is 8. The summed E-state index contributed by atoms with van der Waals surface area (Å²) in [4.78, 5) is 27.1. The fourth-order valence-corrected chi connectivity index (χ4v) is 7.48. The molecule has 38 heavy (non-hydrogen) atoms. The first kappa shape index (κ1) is 28.5. The lowest BCUT2D eigenvalue weighted by atomic mass is 9.59. The maximum absolute atomic E-state index is 14.3. The molecule has 0 radical (unpaired) electrons. The summed E-state index contributed by atoms with van der Waals surface area (Å²) < 4.78 is 5.76. The molecule has 0 aromatic heterocycles. The van der Waals surface area contributed by atoms with Gasteiger partial charge in [0.25, 0.3) is 0 Å². The Morgan fingerprint density at radius 1 is 1.16 bits per heavy atom. The lowest BCUT2D eigenvalue weighted by Crippen LogP contribution is -2.65. The molecular formula is C32H42O6. The summed E-state index contributed by atoms with van der Waals surface area (Å²) in [6, 6.07) is 0. The van der Waals surface area contributed by atoms with Crippen LogP contribution in [0.4, 0.5) is 0 Å². The van der Waals surface area contributed by atoms with Crippen LogP contribution in [0, 0.1) is 34.5 Å². The Morgan fingerprint density at radius 2 is 1.82 bits per heavy atom. The smallest absolute Gasteiger partial charge is 0.331 e. The highest BCUT2D eigenvalue weighted by Crippen LogP contribution is 2.71. The molecule has 0 amide bonds. The second-order valence-electron chi connectivity index (χ2n) is 12.0. The first-order valence-electron chi connectivity index (χ1n) is 13.8. The molecule has 4 rings (SSSR count). The van der Waals surface area contributed by atoms with Crippen molar-refractivity contribution in [3.05, 3.63) is 71.9 Å². The highest BCUT2D eigenvalue weighted by Gasteiger charge is 2.76. The zero-order valence-corrected chi connectivity index (χ0v) is 23.1. The van der Waals surface area contributed by atoms with Crippen molar-refractivity contribution < 1.29 is 29.6 Å². The maximum Gasteiger partial charge on any atom is 0.331 e.